The van der Waals surface area contributed by atoms with Gasteiger partial charge in [0, 0.05) is 6.54 Å². The summed E-state index contributed by atoms with van der Waals surface area (Å²) in [6, 6.07) is 11.0. The lowest BCUT2D eigenvalue weighted by Crippen LogP contribution is -2.35. The van der Waals surface area contributed by atoms with Gasteiger partial charge < -0.3 is 10.1 Å². The number of rotatable bonds is 5. The smallest absolute Gasteiger partial charge is 0.341 e. The van der Waals surface area contributed by atoms with E-state index < -0.39 is 23.8 Å². The van der Waals surface area contributed by atoms with Gasteiger partial charge in [0.05, 0.1) is 5.56 Å². The van der Waals surface area contributed by atoms with Crippen molar-refractivity contribution in [1.29, 1.82) is 0 Å². The molecule has 0 saturated heterocycles. The van der Waals surface area contributed by atoms with E-state index in [2.05, 4.69) is 5.32 Å². The van der Waals surface area contributed by atoms with Crippen LogP contribution in [-0.2, 0) is 16.1 Å². The maximum absolute atomic E-state index is 13.5. The van der Waals surface area contributed by atoms with Crippen molar-refractivity contribution in [3.05, 3.63) is 71.3 Å². The fraction of sp³-hybridized carbons (Fsp3) is 0.176. The minimum atomic E-state index is -1.08. The standard InChI is InChI=1S/C17H15F2NO3/c1-11(23-17(22)14-4-2-3-5-15(14)19)16(21)20-10-12-6-8-13(18)9-7-12/h2-9,11H,10H2,1H3,(H,20,21)/t11-/m0/s1. The largest absolute Gasteiger partial charge is 0.449 e. The van der Waals surface area contributed by atoms with Crippen molar-refractivity contribution in [1.82, 2.24) is 5.32 Å². The molecule has 120 valence electrons. The van der Waals surface area contributed by atoms with E-state index in [1.165, 1.54) is 49.4 Å². The first kappa shape index (κ1) is 16.6. The molecule has 0 fully saturated rings. The Labute approximate surface area is 132 Å². The van der Waals surface area contributed by atoms with E-state index >= 15 is 0 Å². The Morgan fingerprint density at radius 1 is 1.09 bits per heavy atom. The van der Waals surface area contributed by atoms with Gasteiger partial charge in [-0.25, -0.2) is 13.6 Å². The molecule has 0 bridgehead atoms. The molecule has 23 heavy (non-hydrogen) atoms. The number of ether oxygens (including phenoxy) is 1. The van der Waals surface area contributed by atoms with Crippen LogP contribution in [0.1, 0.15) is 22.8 Å². The first-order valence-corrected chi connectivity index (χ1v) is 6.95. The number of carbonyl (C=O) groups excluding carboxylic acids is 2. The second kappa shape index (κ2) is 7.49. The van der Waals surface area contributed by atoms with Crippen LogP contribution in [0.15, 0.2) is 48.5 Å². The van der Waals surface area contributed by atoms with Gasteiger partial charge >= 0.3 is 5.97 Å². The highest BCUT2D eigenvalue weighted by Crippen LogP contribution is 2.09. The lowest BCUT2D eigenvalue weighted by atomic mass is 10.2. The van der Waals surface area contributed by atoms with E-state index in [0.29, 0.717) is 5.56 Å². The predicted octanol–water partition coefficient (Wildman–Crippen LogP) is 2.83. The molecular weight excluding hydrogens is 304 g/mol. The van der Waals surface area contributed by atoms with Crippen LogP contribution in [0, 0.1) is 11.6 Å². The third-order valence-corrected chi connectivity index (χ3v) is 3.13. The molecule has 1 amide bonds. The van der Waals surface area contributed by atoms with Gasteiger partial charge in [-0.15, -0.1) is 0 Å². The minimum Gasteiger partial charge on any atom is -0.449 e. The molecule has 0 heterocycles. The number of hydrogen-bond donors (Lipinski definition) is 1. The van der Waals surface area contributed by atoms with Crippen LogP contribution in [0.25, 0.3) is 0 Å². The van der Waals surface area contributed by atoms with Gasteiger partial charge in [0.15, 0.2) is 6.10 Å². The van der Waals surface area contributed by atoms with Crippen LogP contribution in [-0.4, -0.2) is 18.0 Å². The van der Waals surface area contributed by atoms with Crippen LogP contribution < -0.4 is 5.32 Å². The number of halogens is 2. The predicted molar refractivity (Wildman–Crippen MR) is 79.5 cm³/mol. The average molecular weight is 319 g/mol. The van der Waals surface area contributed by atoms with Crippen LogP contribution in [0.2, 0.25) is 0 Å². The highest BCUT2D eigenvalue weighted by molar-refractivity contribution is 5.92. The molecule has 0 aliphatic heterocycles. The van der Waals surface area contributed by atoms with Gasteiger partial charge in [-0.05, 0) is 36.8 Å². The third-order valence-electron chi connectivity index (χ3n) is 3.13. The summed E-state index contributed by atoms with van der Waals surface area (Å²) in [5.41, 5.74) is 0.470. The molecule has 2 rings (SSSR count). The van der Waals surface area contributed by atoms with Crippen molar-refractivity contribution in [2.75, 3.05) is 0 Å². The van der Waals surface area contributed by atoms with Crippen LogP contribution in [0.3, 0.4) is 0 Å². The lowest BCUT2D eigenvalue weighted by molar-refractivity contribution is -0.129. The molecular formula is C17H15F2NO3. The second-order valence-electron chi connectivity index (χ2n) is 4.87. The Hall–Kier alpha value is -2.76. The Morgan fingerprint density at radius 2 is 1.74 bits per heavy atom. The van der Waals surface area contributed by atoms with Crippen LogP contribution in [0.5, 0.6) is 0 Å². The monoisotopic (exact) mass is 319 g/mol. The van der Waals surface area contributed by atoms with Gasteiger partial charge in [0.1, 0.15) is 11.6 Å². The first-order valence-electron chi connectivity index (χ1n) is 6.95. The van der Waals surface area contributed by atoms with E-state index in [4.69, 9.17) is 4.74 Å². The molecule has 0 aromatic heterocycles. The van der Waals surface area contributed by atoms with Gasteiger partial charge in [-0.2, -0.15) is 0 Å². The maximum atomic E-state index is 13.5. The Kier molecular flexibility index (Phi) is 5.41. The molecule has 4 nitrogen and oxygen atoms in total. The SMILES string of the molecule is C[C@H](OC(=O)c1ccccc1F)C(=O)NCc1ccc(F)cc1. The zero-order valence-electron chi connectivity index (χ0n) is 12.4. The number of amides is 1. The topological polar surface area (TPSA) is 55.4 Å². The summed E-state index contributed by atoms with van der Waals surface area (Å²) in [7, 11) is 0. The molecule has 0 saturated carbocycles. The van der Waals surface area contributed by atoms with Crippen molar-refractivity contribution in [2.24, 2.45) is 0 Å². The van der Waals surface area contributed by atoms with Crippen LogP contribution in [0.4, 0.5) is 8.78 Å². The number of esters is 1. The Morgan fingerprint density at radius 3 is 2.39 bits per heavy atom. The van der Waals surface area contributed by atoms with E-state index in [1.54, 1.807) is 0 Å². The van der Waals surface area contributed by atoms with Gasteiger partial charge in [0.25, 0.3) is 5.91 Å². The fourth-order valence-corrected chi connectivity index (χ4v) is 1.84. The summed E-state index contributed by atoms with van der Waals surface area (Å²) in [4.78, 5) is 23.7. The van der Waals surface area contributed by atoms with Gasteiger partial charge in [-0.3, -0.25) is 4.79 Å². The molecule has 0 spiro atoms. The quantitative estimate of drug-likeness (QED) is 0.862. The zero-order chi connectivity index (χ0) is 16.8. The minimum absolute atomic E-state index is 0.167. The summed E-state index contributed by atoms with van der Waals surface area (Å²) in [6.45, 7) is 1.56. The van der Waals surface area contributed by atoms with Crippen LogP contribution >= 0.6 is 0 Å². The maximum Gasteiger partial charge on any atom is 0.341 e. The summed E-state index contributed by atoms with van der Waals surface area (Å²) in [6.07, 6.45) is -1.08. The third kappa shape index (κ3) is 4.60. The highest BCUT2D eigenvalue weighted by atomic mass is 19.1. The average Bonchev–Trinajstić information content (AvgIpc) is 2.54. The molecule has 0 unspecified atom stereocenters. The molecule has 0 aliphatic carbocycles. The Bertz CT molecular complexity index is 701. The normalized spacial score (nSPS) is 11.6. The van der Waals surface area contributed by atoms with E-state index in [1.807, 2.05) is 0 Å². The number of nitrogens with one attached hydrogen (secondary N) is 1. The van der Waals surface area contributed by atoms with Crippen molar-refractivity contribution >= 4 is 11.9 Å². The molecule has 1 atom stereocenters. The molecule has 2 aromatic carbocycles. The van der Waals surface area contributed by atoms with Crippen molar-refractivity contribution in [3.8, 4) is 0 Å². The molecule has 0 aliphatic rings. The van der Waals surface area contributed by atoms with E-state index in [0.717, 1.165) is 6.07 Å². The first-order chi connectivity index (χ1) is 11.0. The van der Waals surface area contributed by atoms with Gasteiger partial charge in [0.2, 0.25) is 0 Å². The Balaban J connectivity index is 1.88. The number of carbonyl (C=O) groups is 2. The van der Waals surface area contributed by atoms with E-state index in [-0.39, 0.29) is 17.9 Å². The summed E-state index contributed by atoms with van der Waals surface area (Å²) in [5, 5.41) is 2.56. The summed E-state index contributed by atoms with van der Waals surface area (Å²) in [5.74, 6) is -2.52. The summed E-state index contributed by atoms with van der Waals surface area (Å²) >= 11 is 0. The number of benzene rings is 2. The highest BCUT2D eigenvalue weighted by Gasteiger charge is 2.20. The summed E-state index contributed by atoms with van der Waals surface area (Å²) < 4.78 is 31.2. The van der Waals surface area contributed by atoms with E-state index in [9.17, 15) is 18.4 Å². The number of hydrogen-bond acceptors (Lipinski definition) is 3. The zero-order valence-corrected chi connectivity index (χ0v) is 12.4. The van der Waals surface area contributed by atoms with Gasteiger partial charge in [-0.1, -0.05) is 24.3 Å². The molecule has 2 aromatic rings. The van der Waals surface area contributed by atoms with Crippen molar-refractivity contribution in [3.63, 3.8) is 0 Å². The molecule has 0 radical (unpaired) electrons. The molecule has 6 heteroatoms. The van der Waals surface area contributed by atoms with Crippen molar-refractivity contribution in [2.45, 2.75) is 19.6 Å². The fourth-order valence-electron chi connectivity index (χ4n) is 1.84. The lowest BCUT2D eigenvalue weighted by Gasteiger charge is -2.13. The van der Waals surface area contributed by atoms with Crippen molar-refractivity contribution < 1.29 is 23.1 Å². The molecule has 1 N–H and O–H groups in total. The second-order valence-corrected chi connectivity index (χ2v) is 4.87.